The molecule has 4 rings (SSSR count). The van der Waals surface area contributed by atoms with E-state index >= 15 is 0 Å². The number of amides is 1. The summed E-state index contributed by atoms with van der Waals surface area (Å²) in [5.41, 5.74) is 2.18. The molecule has 7 nitrogen and oxygen atoms in total. The van der Waals surface area contributed by atoms with Gasteiger partial charge in [0.1, 0.15) is 17.5 Å². The molecule has 1 atom stereocenters. The van der Waals surface area contributed by atoms with Gasteiger partial charge in [0.25, 0.3) is 0 Å². The summed E-state index contributed by atoms with van der Waals surface area (Å²) < 4.78 is 39.7. The number of methoxy groups -OCH3 is 1. The summed E-state index contributed by atoms with van der Waals surface area (Å²) in [5, 5.41) is 22.2. The zero-order valence-electron chi connectivity index (χ0n) is 22.6. The average Bonchev–Trinajstić information content (AvgIpc) is 2.91. The number of allylic oxidation sites excluding steroid dienone is 1. The van der Waals surface area contributed by atoms with E-state index in [9.17, 15) is 24.1 Å². The van der Waals surface area contributed by atoms with Crippen LogP contribution in [0.25, 0.3) is 28.0 Å². The van der Waals surface area contributed by atoms with Gasteiger partial charge in [0.2, 0.25) is 0 Å². The zero-order chi connectivity index (χ0) is 29.0. The predicted octanol–water partition coefficient (Wildman–Crippen LogP) is 6.91. The van der Waals surface area contributed by atoms with Crippen molar-refractivity contribution in [1.29, 1.82) is 10.5 Å². The highest BCUT2D eigenvalue weighted by atomic mass is 19.1. The van der Waals surface area contributed by atoms with E-state index in [-0.39, 0.29) is 28.6 Å². The number of pyridine rings is 1. The number of halogens is 2. The Morgan fingerprint density at radius 2 is 1.73 bits per heavy atom. The fourth-order valence-electron chi connectivity index (χ4n) is 4.55. The van der Waals surface area contributed by atoms with Gasteiger partial charge in [-0.25, -0.2) is 18.6 Å². The number of nitrogens with one attached hydrogen (secondary N) is 1. The molecule has 2 aromatic carbocycles. The highest BCUT2D eigenvalue weighted by Gasteiger charge is 2.24. The molecule has 1 aliphatic rings. The van der Waals surface area contributed by atoms with E-state index in [2.05, 4.69) is 11.4 Å². The molecule has 0 bridgehead atoms. The van der Waals surface area contributed by atoms with E-state index in [0.717, 1.165) is 5.57 Å². The first-order valence-electron chi connectivity index (χ1n) is 12.7. The molecular formula is C31H28F2N4O3. The quantitative estimate of drug-likeness (QED) is 0.375. The van der Waals surface area contributed by atoms with Gasteiger partial charge in [0, 0.05) is 17.2 Å². The van der Waals surface area contributed by atoms with Crippen LogP contribution in [0.4, 0.5) is 13.6 Å². The molecule has 9 heteroatoms. The molecular weight excluding hydrogens is 514 g/mol. The standard InChI is InChI=1S/C31H28F2N4O3/c1-31(2,3)40-30(38)36-23-10-7-18(8-11-23)26-15-22(17-35)28(19-9-12-27(39-4)25(33)13-19)29(37-26)20-5-6-21(16-34)24(32)14-20/h5-7,9,12-15,23H,8,10-11H2,1-4H3,(H,36,38). The van der Waals surface area contributed by atoms with Crippen LogP contribution >= 0.6 is 0 Å². The van der Waals surface area contributed by atoms with E-state index in [0.29, 0.717) is 41.6 Å². The number of nitrogens with zero attached hydrogens (tertiary/aromatic N) is 3. The van der Waals surface area contributed by atoms with Crippen LogP contribution < -0.4 is 10.1 Å². The predicted molar refractivity (Wildman–Crippen MR) is 146 cm³/mol. The summed E-state index contributed by atoms with van der Waals surface area (Å²) in [7, 11) is 1.35. The topological polar surface area (TPSA) is 108 Å². The number of benzene rings is 2. The van der Waals surface area contributed by atoms with Gasteiger partial charge in [-0.1, -0.05) is 18.2 Å². The van der Waals surface area contributed by atoms with Gasteiger partial charge in [0.05, 0.1) is 35.7 Å². The molecule has 1 unspecified atom stereocenters. The molecule has 1 heterocycles. The van der Waals surface area contributed by atoms with Crippen LogP contribution in [0.5, 0.6) is 5.75 Å². The smallest absolute Gasteiger partial charge is 0.407 e. The normalized spacial score (nSPS) is 14.9. The number of aromatic nitrogens is 1. The zero-order valence-corrected chi connectivity index (χ0v) is 22.6. The largest absolute Gasteiger partial charge is 0.494 e. The van der Waals surface area contributed by atoms with Crippen LogP contribution in [-0.4, -0.2) is 29.8 Å². The summed E-state index contributed by atoms with van der Waals surface area (Å²) >= 11 is 0. The molecule has 0 saturated carbocycles. The van der Waals surface area contributed by atoms with Gasteiger partial charge < -0.3 is 14.8 Å². The summed E-state index contributed by atoms with van der Waals surface area (Å²) in [4.78, 5) is 17.0. The van der Waals surface area contributed by atoms with Gasteiger partial charge in [-0.3, -0.25) is 0 Å². The average molecular weight is 543 g/mol. The molecule has 1 aromatic heterocycles. The lowest BCUT2D eigenvalue weighted by atomic mass is 9.89. The number of hydrogen-bond donors (Lipinski definition) is 1. The molecule has 0 radical (unpaired) electrons. The maximum atomic E-state index is 14.7. The maximum absolute atomic E-state index is 14.7. The van der Waals surface area contributed by atoms with E-state index in [1.165, 1.54) is 31.4 Å². The molecule has 0 aliphatic heterocycles. The lowest BCUT2D eigenvalue weighted by Crippen LogP contribution is -2.39. The Morgan fingerprint density at radius 3 is 2.30 bits per heavy atom. The van der Waals surface area contributed by atoms with Crippen LogP contribution in [0.3, 0.4) is 0 Å². The summed E-state index contributed by atoms with van der Waals surface area (Å²) in [6, 6.07) is 13.9. The van der Waals surface area contributed by atoms with Crippen LogP contribution in [0.1, 0.15) is 56.9 Å². The minimum atomic E-state index is -0.731. The highest BCUT2D eigenvalue weighted by molar-refractivity contribution is 5.87. The number of hydrogen-bond acceptors (Lipinski definition) is 6. The van der Waals surface area contributed by atoms with Crippen LogP contribution in [-0.2, 0) is 4.74 Å². The summed E-state index contributed by atoms with van der Waals surface area (Å²) in [6.45, 7) is 5.39. The highest BCUT2D eigenvalue weighted by Crippen LogP contribution is 2.38. The molecule has 1 N–H and O–H groups in total. The van der Waals surface area contributed by atoms with Gasteiger partial charge in [0.15, 0.2) is 11.6 Å². The van der Waals surface area contributed by atoms with Gasteiger partial charge in [-0.05, 0) is 81.5 Å². The Morgan fingerprint density at radius 1 is 1.02 bits per heavy atom. The number of carbonyl (C=O) groups excluding carboxylic acids is 1. The third-order valence-corrected chi connectivity index (χ3v) is 6.40. The van der Waals surface area contributed by atoms with E-state index < -0.39 is 23.3 Å². The Bertz CT molecular complexity index is 1580. The second kappa shape index (κ2) is 11.5. The Hall–Kier alpha value is -4.76. The van der Waals surface area contributed by atoms with Gasteiger partial charge in [-0.2, -0.15) is 10.5 Å². The molecule has 0 spiro atoms. The van der Waals surface area contributed by atoms with Crippen molar-refractivity contribution in [3.8, 4) is 40.3 Å². The van der Waals surface area contributed by atoms with Crippen LogP contribution in [0.15, 0.2) is 48.5 Å². The first-order chi connectivity index (χ1) is 19.0. The van der Waals surface area contributed by atoms with Crippen molar-refractivity contribution in [2.24, 2.45) is 0 Å². The second-order valence-electron chi connectivity index (χ2n) is 10.4. The fraction of sp³-hybridized carbons (Fsp3) is 0.290. The van der Waals surface area contributed by atoms with Crippen molar-refractivity contribution in [2.75, 3.05) is 7.11 Å². The number of carbonyl (C=O) groups is 1. The van der Waals surface area contributed by atoms with Crippen molar-refractivity contribution < 1.29 is 23.0 Å². The summed E-state index contributed by atoms with van der Waals surface area (Å²) in [5.74, 6) is -1.31. The van der Waals surface area contributed by atoms with Crippen molar-refractivity contribution >= 4 is 11.7 Å². The second-order valence-corrected chi connectivity index (χ2v) is 10.4. The third kappa shape index (κ3) is 6.27. The Balaban J connectivity index is 1.78. The Labute approximate surface area is 231 Å². The van der Waals surface area contributed by atoms with Crippen molar-refractivity contribution in [3.63, 3.8) is 0 Å². The molecule has 1 amide bonds. The number of rotatable bonds is 5. The fourth-order valence-corrected chi connectivity index (χ4v) is 4.55. The van der Waals surface area contributed by atoms with Crippen LogP contribution in [0.2, 0.25) is 0 Å². The number of nitriles is 2. The van der Waals surface area contributed by atoms with E-state index in [1.807, 2.05) is 6.08 Å². The number of alkyl carbamates (subject to hydrolysis) is 1. The molecule has 204 valence electrons. The SMILES string of the molecule is COc1ccc(-c2c(C#N)cc(C3=CCC(NC(=O)OC(C)(C)C)CC3)nc2-c2ccc(C#N)c(F)c2)cc1F. The van der Waals surface area contributed by atoms with E-state index in [4.69, 9.17) is 14.5 Å². The molecule has 0 fully saturated rings. The molecule has 40 heavy (non-hydrogen) atoms. The first-order valence-corrected chi connectivity index (χ1v) is 12.7. The lowest BCUT2D eigenvalue weighted by Gasteiger charge is -2.26. The lowest BCUT2D eigenvalue weighted by molar-refractivity contribution is 0.0502. The molecule has 0 saturated heterocycles. The first kappa shape index (κ1) is 28.3. The van der Waals surface area contributed by atoms with Gasteiger partial charge in [-0.15, -0.1) is 0 Å². The minimum Gasteiger partial charge on any atom is -0.494 e. The monoisotopic (exact) mass is 542 g/mol. The van der Waals surface area contributed by atoms with E-state index in [1.54, 1.807) is 45.0 Å². The molecule has 3 aromatic rings. The molecule has 1 aliphatic carbocycles. The van der Waals surface area contributed by atoms with Crippen LogP contribution in [0, 0.1) is 34.3 Å². The van der Waals surface area contributed by atoms with Crippen molar-refractivity contribution in [2.45, 2.75) is 51.7 Å². The number of ether oxygens (including phenoxy) is 2. The van der Waals surface area contributed by atoms with Crippen molar-refractivity contribution in [3.05, 3.63) is 77.0 Å². The minimum absolute atomic E-state index is 0.0414. The van der Waals surface area contributed by atoms with Crippen molar-refractivity contribution in [1.82, 2.24) is 10.3 Å². The summed E-state index contributed by atoms with van der Waals surface area (Å²) in [6.07, 6.45) is 3.19. The maximum Gasteiger partial charge on any atom is 0.407 e. The third-order valence-electron chi connectivity index (χ3n) is 6.40. The van der Waals surface area contributed by atoms with Gasteiger partial charge >= 0.3 is 6.09 Å². The Kier molecular flexibility index (Phi) is 8.16.